The second-order valence-electron chi connectivity index (χ2n) is 4.31. The Kier molecular flexibility index (Phi) is 4.85. The zero-order chi connectivity index (χ0) is 10.4. The van der Waals surface area contributed by atoms with Crippen LogP contribution in [0.2, 0.25) is 0 Å². The monoisotopic (exact) mass is 200 g/mol. The molecule has 0 saturated carbocycles. The number of ether oxygens (including phenoxy) is 1. The van der Waals surface area contributed by atoms with Crippen LogP contribution < -0.4 is 5.73 Å². The van der Waals surface area contributed by atoms with Gasteiger partial charge in [-0.05, 0) is 52.7 Å². The van der Waals surface area contributed by atoms with Crippen LogP contribution in [0.15, 0.2) is 0 Å². The maximum atomic E-state index is 5.93. The van der Waals surface area contributed by atoms with Crippen LogP contribution in [0.4, 0.5) is 0 Å². The Morgan fingerprint density at radius 3 is 2.79 bits per heavy atom. The van der Waals surface area contributed by atoms with E-state index in [1.165, 1.54) is 19.4 Å². The normalized spacial score (nSPS) is 30.2. The number of hydrogen-bond donors (Lipinski definition) is 1. The molecule has 1 rings (SSSR count). The largest absolute Gasteiger partial charge is 0.375 e. The molecule has 0 aromatic carbocycles. The molecular formula is C11H24N2O. The lowest BCUT2D eigenvalue weighted by Crippen LogP contribution is -2.36. The molecule has 0 amide bonds. The van der Waals surface area contributed by atoms with Crippen molar-refractivity contribution in [1.82, 2.24) is 4.90 Å². The number of rotatable bonds is 4. The quantitative estimate of drug-likeness (QED) is 0.741. The lowest BCUT2D eigenvalue weighted by Gasteiger charge is -2.32. The van der Waals surface area contributed by atoms with Gasteiger partial charge in [0.15, 0.2) is 0 Å². The number of nitrogens with two attached hydrogens (primary N) is 1. The summed E-state index contributed by atoms with van der Waals surface area (Å²) < 4.78 is 5.93. The molecule has 0 radical (unpaired) electrons. The first-order valence-corrected chi connectivity index (χ1v) is 5.75. The van der Waals surface area contributed by atoms with Gasteiger partial charge < -0.3 is 15.4 Å². The molecule has 0 bridgehead atoms. The van der Waals surface area contributed by atoms with E-state index in [2.05, 4.69) is 18.9 Å². The summed E-state index contributed by atoms with van der Waals surface area (Å²) in [5.41, 5.74) is 5.74. The summed E-state index contributed by atoms with van der Waals surface area (Å²) in [5, 5.41) is 0. The van der Waals surface area contributed by atoms with Crippen LogP contribution in [-0.2, 0) is 4.74 Å². The third kappa shape index (κ3) is 3.23. The highest BCUT2D eigenvalue weighted by atomic mass is 16.5. The first-order chi connectivity index (χ1) is 6.72. The topological polar surface area (TPSA) is 38.5 Å². The summed E-state index contributed by atoms with van der Waals surface area (Å²) in [4.78, 5) is 2.39. The highest BCUT2D eigenvalue weighted by Crippen LogP contribution is 2.29. The predicted molar refractivity (Wildman–Crippen MR) is 59.4 cm³/mol. The first kappa shape index (κ1) is 12.0. The van der Waals surface area contributed by atoms with Crippen molar-refractivity contribution in [2.24, 2.45) is 5.73 Å². The van der Waals surface area contributed by atoms with E-state index in [1.54, 1.807) is 0 Å². The zero-order valence-electron chi connectivity index (χ0n) is 9.59. The molecule has 2 N–H and O–H groups in total. The summed E-state index contributed by atoms with van der Waals surface area (Å²) in [5.74, 6) is 0. The van der Waals surface area contributed by atoms with Crippen LogP contribution >= 0.6 is 0 Å². The van der Waals surface area contributed by atoms with Gasteiger partial charge in [0.25, 0.3) is 0 Å². The first-order valence-electron chi connectivity index (χ1n) is 5.75. The highest BCUT2D eigenvalue weighted by Gasteiger charge is 2.31. The van der Waals surface area contributed by atoms with Crippen molar-refractivity contribution in [2.75, 3.05) is 33.3 Å². The maximum absolute atomic E-state index is 5.93. The Labute approximate surface area is 87.6 Å². The van der Waals surface area contributed by atoms with E-state index in [0.717, 1.165) is 32.5 Å². The maximum Gasteiger partial charge on any atom is 0.0707 e. The molecule has 0 spiro atoms. The molecule has 3 nitrogen and oxygen atoms in total. The number of hydrogen-bond acceptors (Lipinski definition) is 3. The summed E-state index contributed by atoms with van der Waals surface area (Å²) >= 11 is 0. The van der Waals surface area contributed by atoms with E-state index in [9.17, 15) is 0 Å². The summed E-state index contributed by atoms with van der Waals surface area (Å²) in [6.45, 7) is 5.96. The average Bonchev–Trinajstić information content (AvgIpc) is 2.31. The van der Waals surface area contributed by atoms with E-state index >= 15 is 0 Å². The van der Waals surface area contributed by atoms with Crippen molar-refractivity contribution in [2.45, 2.75) is 38.2 Å². The molecule has 3 heteroatoms. The molecule has 1 aliphatic rings. The fourth-order valence-electron chi connectivity index (χ4n) is 2.34. The number of likely N-dealkylation sites (tertiary alicyclic amines) is 1. The van der Waals surface area contributed by atoms with Crippen molar-refractivity contribution in [3.63, 3.8) is 0 Å². The molecule has 0 aromatic heterocycles. The molecule has 1 fully saturated rings. The van der Waals surface area contributed by atoms with E-state index in [0.29, 0.717) is 0 Å². The Bertz CT molecular complexity index is 155. The van der Waals surface area contributed by atoms with Gasteiger partial charge in [0.1, 0.15) is 0 Å². The van der Waals surface area contributed by atoms with Crippen molar-refractivity contribution < 1.29 is 4.74 Å². The number of nitrogens with zero attached hydrogens (tertiary/aromatic N) is 1. The third-order valence-electron chi connectivity index (χ3n) is 3.17. The van der Waals surface area contributed by atoms with Crippen LogP contribution in [0, 0.1) is 0 Å². The minimum atomic E-state index is 0.0776. The Hall–Kier alpha value is -0.120. The van der Waals surface area contributed by atoms with Gasteiger partial charge in [0.05, 0.1) is 5.60 Å². The average molecular weight is 200 g/mol. The van der Waals surface area contributed by atoms with Gasteiger partial charge in [0, 0.05) is 13.2 Å². The van der Waals surface area contributed by atoms with Gasteiger partial charge in [0.2, 0.25) is 0 Å². The van der Waals surface area contributed by atoms with Crippen LogP contribution in [0.25, 0.3) is 0 Å². The van der Waals surface area contributed by atoms with Gasteiger partial charge in [-0.1, -0.05) is 0 Å². The van der Waals surface area contributed by atoms with Gasteiger partial charge in [-0.25, -0.2) is 0 Å². The molecule has 14 heavy (non-hydrogen) atoms. The summed E-state index contributed by atoms with van der Waals surface area (Å²) in [6, 6.07) is 0. The lowest BCUT2D eigenvalue weighted by atomic mass is 9.91. The van der Waals surface area contributed by atoms with E-state index in [1.807, 2.05) is 0 Å². The third-order valence-corrected chi connectivity index (χ3v) is 3.17. The fraction of sp³-hybridized carbons (Fsp3) is 1.00. The van der Waals surface area contributed by atoms with Crippen molar-refractivity contribution in [1.29, 1.82) is 0 Å². The summed E-state index contributed by atoms with van der Waals surface area (Å²) in [7, 11) is 2.18. The van der Waals surface area contributed by atoms with E-state index < -0.39 is 0 Å². The van der Waals surface area contributed by atoms with Crippen LogP contribution in [0.1, 0.15) is 32.6 Å². The minimum Gasteiger partial charge on any atom is -0.375 e. The van der Waals surface area contributed by atoms with Gasteiger partial charge in [-0.15, -0.1) is 0 Å². The Balaban J connectivity index is 2.55. The minimum absolute atomic E-state index is 0.0776. The van der Waals surface area contributed by atoms with Gasteiger partial charge in [-0.2, -0.15) is 0 Å². The highest BCUT2D eigenvalue weighted by molar-refractivity contribution is 4.85. The van der Waals surface area contributed by atoms with Crippen LogP contribution in [-0.4, -0.2) is 43.8 Å². The lowest BCUT2D eigenvalue weighted by molar-refractivity contribution is -0.0534. The van der Waals surface area contributed by atoms with E-state index in [-0.39, 0.29) is 5.60 Å². The zero-order valence-corrected chi connectivity index (χ0v) is 9.59. The molecule has 1 heterocycles. The van der Waals surface area contributed by atoms with Crippen LogP contribution in [0.5, 0.6) is 0 Å². The molecule has 1 aliphatic heterocycles. The Morgan fingerprint density at radius 2 is 2.14 bits per heavy atom. The van der Waals surface area contributed by atoms with Crippen LogP contribution in [0.3, 0.4) is 0 Å². The van der Waals surface area contributed by atoms with Gasteiger partial charge in [-0.3, -0.25) is 0 Å². The van der Waals surface area contributed by atoms with E-state index in [4.69, 9.17) is 10.5 Å². The fourth-order valence-corrected chi connectivity index (χ4v) is 2.34. The smallest absolute Gasteiger partial charge is 0.0707 e. The second kappa shape index (κ2) is 5.69. The SMILES string of the molecule is CCOC1(CCN)CCCN(C)CC1. The molecule has 1 saturated heterocycles. The molecule has 0 aliphatic carbocycles. The molecule has 84 valence electrons. The van der Waals surface area contributed by atoms with Crippen molar-refractivity contribution in [3.05, 3.63) is 0 Å². The second-order valence-corrected chi connectivity index (χ2v) is 4.31. The van der Waals surface area contributed by atoms with Crippen molar-refractivity contribution >= 4 is 0 Å². The molecule has 0 aromatic rings. The molecular weight excluding hydrogens is 176 g/mol. The Morgan fingerprint density at radius 1 is 1.36 bits per heavy atom. The summed E-state index contributed by atoms with van der Waals surface area (Å²) in [6.07, 6.45) is 4.54. The van der Waals surface area contributed by atoms with Gasteiger partial charge >= 0.3 is 0 Å². The molecule has 1 unspecified atom stereocenters. The van der Waals surface area contributed by atoms with Crippen molar-refractivity contribution in [3.8, 4) is 0 Å². The molecule has 1 atom stereocenters. The standard InChI is InChI=1S/C11H24N2O/c1-3-14-11(6-8-12)5-4-9-13(2)10-7-11/h3-10,12H2,1-2H3. The predicted octanol–water partition coefficient (Wildman–Crippen LogP) is 1.23.